The third kappa shape index (κ3) is 4.81. The molecular formula is C20H15FN6O4S. The summed E-state index contributed by atoms with van der Waals surface area (Å²) in [4.78, 5) is 38.4. The van der Waals surface area contributed by atoms with Crippen molar-refractivity contribution in [1.29, 1.82) is 0 Å². The number of nitrogens with one attached hydrogen (secondary N) is 2. The topological polar surface area (TPSA) is 140 Å². The number of H-pyrrole nitrogens is 2. The first kappa shape index (κ1) is 21.2. The Bertz CT molecular complexity index is 1370. The van der Waals surface area contributed by atoms with E-state index >= 15 is 0 Å². The van der Waals surface area contributed by atoms with E-state index in [2.05, 4.69) is 20.2 Å². The molecule has 0 aliphatic heterocycles. The summed E-state index contributed by atoms with van der Waals surface area (Å²) >= 11 is 1.29. The number of nitrogens with zero attached hydrogens (tertiary/aromatic N) is 4. The summed E-state index contributed by atoms with van der Waals surface area (Å²) in [5.74, 6) is 0.385. The third-order valence-electron chi connectivity index (χ3n) is 4.44. The molecule has 0 unspecified atom stereocenters. The molecule has 2 N–H and O–H groups in total. The highest BCUT2D eigenvalue weighted by Crippen LogP contribution is 2.27. The Balaban J connectivity index is 1.68. The zero-order valence-corrected chi connectivity index (χ0v) is 17.1. The number of benzene rings is 2. The molecule has 0 saturated carbocycles. The number of rotatable bonds is 7. The summed E-state index contributed by atoms with van der Waals surface area (Å²) in [6.45, 7) is 0. The van der Waals surface area contributed by atoms with E-state index < -0.39 is 22.0 Å². The normalized spacial score (nSPS) is 10.9. The standard InChI is InChI=1S/C20H15FN6O4S/c21-13-4-6-15(7-5-13)26-17(9-14-10-18(28)23-19(29)22-14)24-25-20(26)32-11-12-2-1-3-16(8-12)27(30)31/h1-8,10H,9,11H2,(H2,22,23,28,29). The Morgan fingerprint density at radius 1 is 1.06 bits per heavy atom. The highest BCUT2D eigenvalue weighted by Gasteiger charge is 2.17. The minimum atomic E-state index is -0.638. The van der Waals surface area contributed by atoms with Crippen molar-refractivity contribution in [2.75, 3.05) is 0 Å². The molecule has 0 aliphatic carbocycles. The Morgan fingerprint density at radius 3 is 2.56 bits per heavy atom. The first-order chi connectivity index (χ1) is 15.4. The van der Waals surface area contributed by atoms with Crippen molar-refractivity contribution in [3.05, 3.63) is 108 Å². The number of nitro groups is 1. The van der Waals surface area contributed by atoms with Gasteiger partial charge in [-0.2, -0.15) is 0 Å². The number of halogens is 1. The average Bonchev–Trinajstić information content (AvgIpc) is 3.14. The summed E-state index contributed by atoms with van der Waals surface area (Å²) in [6.07, 6.45) is 0.0981. The van der Waals surface area contributed by atoms with Crippen molar-refractivity contribution in [2.24, 2.45) is 0 Å². The first-order valence-electron chi connectivity index (χ1n) is 9.28. The molecule has 0 fully saturated rings. The molecule has 12 heteroatoms. The molecule has 162 valence electrons. The van der Waals surface area contributed by atoms with E-state index in [1.54, 1.807) is 28.8 Å². The van der Waals surface area contributed by atoms with Gasteiger partial charge in [0.05, 0.1) is 4.92 Å². The van der Waals surface area contributed by atoms with E-state index in [4.69, 9.17) is 0 Å². The molecular weight excluding hydrogens is 439 g/mol. The summed E-state index contributed by atoms with van der Waals surface area (Å²) in [5, 5.41) is 19.9. The maximum absolute atomic E-state index is 13.5. The van der Waals surface area contributed by atoms with Crippen molar-refractivity contribution >= 4 is 17.4 Å². The second-order valence-electron chi connectivity index (χ2n) is 6.72. The quantitative estimate of drug-likeness (QED) is 0.248. The third-order valence-corrected chi connectivity index (χ3v) is 5.44. The minimum absolute atomic E-state index is 0.0120. The monoisotopic (exact) mass is 454 g/mol. The molecule has 4 rings (SSSR count). The van der Waals surface area contributed by atoms with Crippen LogP contribution in [0.5, 0.6) is 0 Å². The van der Waals surface area contributed by atoms with E-state index in [0.29, 0.717) is 28.1 Å². The van der Waals surface area contributed by atoms with Crippen LogP contribution in [0.2, 0.25) is 0 Å². The molecule has 0 bridgehead atoms. The van der Waals surface area contributed by atoms with Crippen molar-refractivity contribution in [1.82, 2.24) is 24.7 Å². The number of non-ortho nitro benzene ring substituents is 1. The predicted octanol–water partition coefficient (Wildman–Crippen LogP) is 2.57. The van der Waals surface area contributed by atoms with Gasteiger partial charge >= 0.3 is 5.69 Å². The van der Waals surface area contributed by atoms with Crippen molar-refractivity contribution in [3.8, 4) is 5.69 Å². The van der Waals surface area contributed by atoms with Gasteiger partial charge in [0.15, 0.2) is 5.16 Å². The molecule has 32 heavy (non-hydrogen) atoms. The number of nitro benzene ring substituents is 1. The Kier molecular flexibility index (Phi) is 5.94. The molecule has 0 amide bonds. The lowest BCUT2D eigenvalue weighted by molar-refractivity contribution is -0.384. The smallest absolute Gasteiger partial charge is 0.311 e. The molecule has 0 aliphatic rings. The fourth-order valence-corrected chi connectivity index (χ4v) is 3.96. The molecule has 10 nitrogen and oxygen atoms in total. The maximum atomic E-state index is 13.5. The van der Waals surface area contributed by atoms with Crippen LogP contribution in [0.25, 0.3) is 5.69 Å². The van der Waals surface area contributed by atoms with Gasteiger partial charge in [-0.15, -0.1) is 10.2 Å². The fraction of sp³-hybridized carbons (Fsp3) is 0.100. The SMILES string of the molecule is O=c1cc(Cc2nnc(SCc3cccc([N+](=O)[O-])c3)n2-c2ccc(F)cc2)[nH]c(=O)[nH]1. The van der Waals surface area contributed by atoms with E-state index in [1.165, 1.54) is 42.1 Å². The zero-order chi connectivity index (χ0) is 22.7. The summed E-state index contributed by atoms with van der Waals surface area (Å²) in [5.41, 5.74) is 0.447. The lowest BCUT2D eigenvalue weighted by Gasteiger charge is -2.10. The number of thioether (sulfide) groups is 1. The van der Waals surface area contributed by atoms with Gasteiger partial charge in [0, 0.05) is 41.8 Å². The van der Waals surface area contributed by atoms with Gasteiger partial charge in [-0.25, -0.2) is 9.18 Å². The molecule has 0 atom stereocenters. The van der Waals surface area contributed by atoms with E-state index in [1.807, 2.05) is 0 Å². The highest BCUT2D eigenvalue weighted by atomic mass is 32.2. The van der Waals surface area contributed by atoms with Gasteiger partial charge in [0.25, 0.3) is 11.2 Å². The Labute approximate surface area is 183 Å². The van der Waals surface area contributed by atoms with Crippen LogP contribution in [0.4, 0.5) is 10.1 Å². The van der Waals surface area contributed by atoms with Crippen LogP contribution in [0.1, 0.15) is 17.1 Å². The van der Waals surface area contributed by atoms with E-state index in [-0.39, 0.29) is 12.1 Å². The number of hydrogen-bond donors (Lipinski definition) is 2. The van der Waals surface area contributed by atoms with Crippen LogP contribution in [-0.2, 0) is 12.2 Å². The maximum Gasteiger partial charge on any atom is 0.325 e. The second kappa shape index (κ2) is 8.98. The van der Waals surface area contributed by atoms with Gasteiger partial charge in [-0.3, -0.25) is 24.5 Å². The number of hydrogen-bond acceptors (Lipinski definition) is 7. The van der Waals surface area contributed by atoms with Crippen molar-refractivity contribution in [2.45, 2.75) is 17.3 Å². The second-order valence-corrected chi connectivity index (χ2v) is 7.66. The van der Waals surface area contributed by atoms with Crippen LogP contribution in [0.3, 0.4) is 0 Å². The lowest BCUT2D eigenvalue weighted by Crippen LogP contribution is -2.23. The van der Waals surface area contributed by atoms with Gasteiger partial charge in [0.1, 0.15) is 11.6 Å². The van der Waals surface area contributed by atoms with Gasteiger partial charge in [0.2, 0.25) is 0 Å². The zero-order valence-electron chi connectivity index (χ0n) is 16.3. The molecule has 0 radical (unpaired) electrons. The molecule has 2 aromatic carbocycles. The Morgan fingerprint density at radius 2 is 1.84 bits per heavy atom. The van der Waals surface area contributed by atoms with Gasteiger partial charge in [-0.05, 0) is 29.8 Å². The summed E-state index contributed by atoms with van der Waals surface area (Å²) in [7, 11) is 0. The van der Waals surface area contributed by atoms with Gasteiger partial charge < -0.3 is 4.98 Å². The van der Waals surface area contributed by atoms with Crippen LogP contribution in [0.15, 0.2) is 69.3 Å². The largest absolute Gasteiger partial charge is 0.325 e. The van der Waals surface area contributed by atoms with Crippen LogP contribution in [-0.4, -0.2) is 29.7 Å². The van der Waals surface area contributed by atoms with E-state index in [0.717, 1.165) is 5.56 Å². The van der Waals surface area contributed by atoms with Crippen LogP contribution in [0, 0.1) is 15.9 Å². The van der Waals surface area contributed by atoms with Gasteiger partial charge in [-0.1, -0.05) is 23.9 Å². The van der Waals surface area contributed by atoms with Crippen molar-refractivity contribution in [3.63, 3.8) is 0 Å². The first-order valence-corrected chi connectivity index (χ1v) is 10.3. The number of aromatic nitrogens is 5. The Hall–Kier alpha value is -4.06. The molecule has 2 aromatic heterocycles. The fourth-order valence-electron chi connectivity index (χ4n) is 3.05. The molecule has 0 saturated heterocycles. The van der Waals surface area contributed by atoms with E-state index in [9.17, 15) is 24.1 Å². The lowest BCUT2D eigenvalue weighted by atomic mass is 10.2. The minimum Gasteiger partial charge on any atom is -0.311 e. The summed E-state index contributed by atoms with van der Waals surface area (Å²) < 4.78 is 15.1. The van der Waals surface area contributed by atoms with Crippen LogP contribution < -0.4 is 11.2 Å². The molecule has 0 spiro atoms. The molecule has 2 heterocycles. The van der Waals surface area contributed by atoms with Crippen LogP contribution >= 0.6 is 11.8 Å². The average molecular weight is 454 g/mol. The summed E-state index contributed by atoms with van der Waals surface area (Å²) in [6, 6.07) is 13.2. The number of aromatic amines is 2. The highest BCUT2D eigenvalue weighted by molar-refractivity contribution is 7.98. The molecule has 4 aromatic rings. The predicted molar refractivity (Wildman–Crippen MR) is 114 cm³/mol. The van der Waals surface area contributed by atoms with Crippen molar-refractivity contribution < 1.29 is 9.31 Å².